The van der Waals surface area contributed by atoms with Crippen molar-refractivity contribution in [3.05, 3.63) is 16.7 Å². The minimum absolute atomic E-state index is 0.125. The lowest BCUT2D eigenvalue weighted by molar-refractivity contribution is -0.140. The molecule has 7 nitrogen and oxygen atoms in total. The summed E-state index contributed by atoms with van der Waals surface area (Å²) < 4.78 is 9.50. The molecule has 0 amide bonds. The fraction of sp³-hybridized carbons (Fsp3) is 0.500. The number of anilines is 1. The summed E-state index contributed by atoms with van der Waals surface area (Å²) in [6, 6.07) is 0. The van der Waals surface area contributed by atoms with Crippen LogP contribution in [0.15, 0.2) is 11.1 Å². The van der Waals surface area contributed by atoms with Crippen LogP contribution in [0.2, 0.25) is 0 Å². The highest BCUT2D eigenvalue weighted by Gasteiger charge is 2.14. The van der Waals surface area contributed by atoms with Crippen molar-refractivity contribution < 1.29 is 14.3 Å². The second-order valence-electron chi connectivity index (χ2n) is 3.34. The molecule has 0 aliphatic rings. The maximum Gasteiger partial charge on any atom is 0.307 e. The molecule has 1 heterocycles. The topological polar surface area (TPSA) is 84.5 Å². The second kappa shape index (κ2) is 5.88. The van der Waals surface area contributed by atoms with Gasteiger partial charge in [-0.15, -0.1) is 0 Å². The first-order valence-electron chi connectivity index (χ1n) is 4.99. The number of nitrogens with zero attached hydrogens (tertiary/aromatic N) is 2. The van der Waals surface area contributed by atoms with Crippen molar-refractivity contribution in [1.82, 2.24) is 9.97 Å². The summed E-state index contributed by atoms with van der Waals surface area (Å²) in [5, 5.41) is 0. The molecular formula is C10H15N3O4. The van der Waals surface area contributed by atoms with E-state index in [1.54, 1.807) is 11.9 Å². The van der Waals surface area contributed by atoms with Crippen LogP contribution < -0.4 is 15.2 Å². The Balaban J connectivity index is 2.81. The molecule has 0 radical (unpaired) electrons. The van der Waals surface area contributed by atoms with Crippen LogP contribution in [0.25, 0.3) is 0 Å². The Morgan fingerprint density at radius 2 is 2.24 bits per heavy atom. The number of esters is 1. The number of hydrogen-bond donors (Lipinski definition) is 1. The SMILES string of the molecule is COC(=O)CCN(C)c1nc[nH]c(=O)c1OC. The van der Waals surface area contributed by atoms with Gasteiger partial charge >= 0.3 is 5.97 Å². The average Bonchev–Trinajstić information content (AvgIpc) is 2.35. The van der Waals surface area contributed by atoms with Crippen molar-refractivity contribution in [1.29, 1.82) is 0 Å². The number of methoxy groups -OCH3 is 2. The first kappa shape index (κ1) is 13.0. The number of ether oxygens (including phenoxy) is 2. The molecule has 1 aromatic rings. The number of nitrogens with one attached hydrogen (secondary N) is 1. The van der Waals surface area contributed by atoms with Crippen LogP contribution in [0.1, 0.15) is 6.42 Å². The van der Waals surface area contributed by atoms with E-state index in [0.29, 0.717) is 12.4 Å². The first-order valence-corrected chi connectivity index (χ1v) is 4.99. The molecule has 0 fully saturated rings. The van der Waals surface area contributed by atoms with E-state index in [1.807, 2.05) is 0 Å². The highest BCUT2D eigenvalue weighted by Crippen LogP contribution is 2.18. The van der Waals surface area contributed by atoms with Gasteiger partial charge in [0.1, 0.15) is 0 Å². The Kier molecular flexibility index (Phi) is 4.50. The molecule has 0 aliphatic carbocycles. The molecule has 0 saturated heterocycles. The Bertz CT molecular complexity index is 443. The molecule has 0 bridgehead atoms. The van der Waals surface area contributed by atoms with Crippen molar-refractivity contribution >= 4 is 11.8 Å². The van der Waals surface area contributed by atoms with Crippen molar-refractivity contribution in [3.8, 4) is 5.75 Å². The summed E-state index contributed by atoms with van der Waals surface area (Å²) in [7, 11) is 4.44. The molecule has 7 heteroatoms. The molecule has 0 aromatic carbocycles. The molecular weight excluding hydrogens is 226 g/mol. The molecule has 17 heavy (non-hydrogen) atoms. The Hall–Kier alpha value is -2.05. The van der Waals surface area contributed by atoms with Gasteiger partial charge in [0.25, 0.3) is 5.56 Å². The zero-order valence-electron chi connectivity index (χ0n) is 10.0. The van der Waals surface area contributed by atoms with E-state index < -0.39 is 0 Å². The summed E-state index contributed by atoms with van der Waals surface area (Å²) >= 11 is 0. The van der Waals surface area contributed by atoms with Gasteiger partial charge in [0, 0.05) is 13.6 Å². The van der Waals surface area contributed by atoms with Gasteiger partial charge in [0.2, 0.25) is 5.75 Å². The van der Waals surface area contributed by atoms with E-state index in [9.17, 15) is 9.59 Å². The van der Waals surface area contributed by atoms with Crippen LogP contribution in [0.5, 0.6) is 5.75 Å². The van der Waals surface area contributed by atoms with E-state index in [-0.39, 0.29) is 23.7 Å². The number of carbonyl (C=O) groups excluding carboxylic acids is 1. The quantitative estimate of drug-likeness (QED) is 0.717. The van der Waals surface area contributed by atoms with Gasteiger partial charge in [-0.05, 0) is 0 Å². The molecule has 1 rings (SSSR count). The number of aromatic amines is 1. The van der Waals surface area contributed by atoms with E-state index in [2.05, 4.69) is 14.7 Å². The fourth-order valence-electron chi connectivity index (χ4n) is 1.30. The maximum absolute atomic E-state index is 11.4. The van der Waals surface area contributed by atoms with Crippen LogP contribution in [-0.2, 0) is 9.53 Å². The van der Waals surface area contributed by atoms with E-state index >= 15 is 0 Å². The molecule has 1 N–H and O–H groups in total. The Morgan fingerprint density at radius 1 is 1.53 bits per heavy atom. The van der Waals surface area contributed by atoms with Gasteiger partial charge in [0.05, 0.1) is 27.0 Å². The van der Waals surface area contributed by atoms with Crippen molar-refractivity contribution in [3.63, 3.8) is 0 Å². The lowest BCUT2D eigenvalue weighted by Gasteiger charge is -2.18. The van der Waals surface area contributed by atoms with Gasteiger partial charge in [-0.25, -0.2) is 4.98 Å². The smallest absolute Gasteiger partial charge is 0.307 e. The summed E-state index contributed by atoms with van der Waals surface area (Å²) in [5.74, 6) is 0.195. The maximum atomic E-state index is 11.4. The van der Waals surface area contributed by atoms with Gasteiger partial charge in [-0.2, -0.15) is 0 Å². The van der Waals surface area contributed by atoms with Gasteiger partial charge in [0.15, 0.2) is 5.82 Å². The van der Waals surface area contributed by atoms with Crippen LogP contribution in [0.4, 0.5) is 5.82 Å². The van der Waals surface area contributed by atoms with Crippen LogP contribution in [-0.4, -0.2) is 43.7 Å². The van der Waals surface area contributed by atoms with Crippen molar-refractivity contribution in [2.45, 2.75) is 6.42 Å². The molecule has 0 spiro atoms. The van der Waals surface area contributed by atoms with E-state index in [0.717, 1.165) is 0 Å². The zero-order valence-corrected chi connectivity index (χ0v) is 10.0. The van der Waals surface area contributed by atoms with Gasteiger partial charge in [-0.1, -0.05) is 0 Å². The Labute approximate surface area is 98.4 Å². The number of H-pyrrole nitrogens is 1. The monoisotopic (exact) mass is 241 g/mol. The lowest BCUT2D eigenvalue weighted by atomic mass is 10.4. The predicted molar refractivity (Wildman–Crippen MR) is 61.3 cm³/mol. The predicted octanol–water partition coefficient (Wildman–Crippen LogP) is -0.222. The summed E-state index contributed by atoms with van der Waals surface area (Å²) in [6.45, 7) is 0.388. The number of aromatic nitrogens is 2. The lowest BCUT2D eigenvalue weighted by Crippen LogP contribution is -2.25. The Morgan fingerprint density at radius 3 is 2.82 bits per heavy atom. The first-order chi connectivity index (χ1) is 8.10. The fourth-order valence-corrected chi connectivity index (χ4v) is 1.30. The molecule has 0 aliphatic heterocycles. The number of rotatable bonds is 5. The third-order valence-electron chi connectivity index (χ3n) is 2.24. The minimum Gasteiger partial charge on any atom is -0.489 e. The molecule has 1 aromatic heterocycles. The highest BCUT2D eigenvalue weighted by molar-refractivity contribution is 5.70. The highest BCUT2D eigenvalue weighted by atomic mass is 16.5. The summed E-state index contributed by atoms with van der Waals surface area (Å²) in [5.41, 5.74) is -0.359. The van der Waals surface area contributed by atoms with Crippen molar-refractivity contribution in [2.24, 2.45) is 0 Å². The minimum atomic E-state index is -0.359. The average molecular weight is 241 g/mol. The summed E-state index contributed by atoms with van der Waals surface area (Å²) in [4.78, 5) is 30.5. The van der Waals surface area contributed by atoms with Gasteiger partial charge in [-0.3, -0.25) is 9.59 Å². The van der Waals surface area contributed by atoms with E-state index in [1.165, 1.54) is 20.5 Å². The number of hydrogen-bond acceptors (Lipinski definition) is 6. The molecule has 0 atom stereocenters. The van der Waals surface area contributed by atoms with Crippen molar-refractivity contribution in [2.75, 3.05) is 32.7 Å². The van der Waals surface area contributed by atoms with Gasteiger partial charge < -0.3 is 19.4 Å². The molecule has 0 unspecified atom stereocenters. The van der Waals surface area contributed by atoms with Crippen LogP contribution >= 0.6 is 0 Å². The molecule has 94 valence electrons. The normalized spacial score (nSPS) is 9.82. The van der Waals surface area contributed by atoms with Crippen LogP contribution in [0, 0.1) is 0 Å². The third kappa shape index (κ3) is 3.20. The number of carbonyl (C=O) groups is 1. The molecule has 0 saturated carbocycles. The van der Waals surface area contributed by atoms with Crippen LogP contribution in [0.3, 0.4) is 0 Å². The zero-order chi connectivity index (χ0) is 12.8. The van der Waals surface area contributed by atoms with E-state index in [4.69, 9.17) is 4.74 Å². The standard InChI is InChI=1S/C10H15N3O4/c1-13(5-4-7(14)16-2)9-8(17-3)10(15)12-6-11-9/h6H,4-5H2,1-3H3,(H,11,12,15). The largest absolute Gasteiger partial charge is 0.489 e. The second-order valence-corrected chi connectivity index (χ2v) is 3.34. The summed E-state index contributed by atoms with van der Waals surface area (Å²) in [6.07, 6.45) is 1.50. The third-order valence-corrected chi connectivity index (χ3v) is 2.24.